The molecule has 1 spiro atoms. The maximum atomic E-state index is 11.6. The molecule has 2 rings (SSSR count). The van der Waals surface area contributed by atoms with Crippen molar-refractivity contribution in [2.75, 3.05) is 19.0 Å². The molecule has 0 unspecified atom stereocenters. The minimum atomic E-state index is 0.126. The van der Waals surface area contributed by atoms with Crippen LogP contribution in [0.2, 0.25) is 0 Å². The van der Waals surface area contributed by atoms with Gasteiger partial charge in [0, 0.05) is 13.1 Å². The molecule has 2 fully saturated rings. The Morgan fingerprint density at radius 1 is 1.13 bits per heavy atom. The zero-order valence-electron chi connectivity index (χ0n) is 9.30. The second-order valence-electron chi connectivity index (χ2n) is 5.11. The van der Waals surface area contributed by atoms with Crippen molar-refractivity contribution in [2.24, 2.45) is 5.41 Å². The molecular formula is C12H20ClNO. The molecule has 1 amide bonds. The van der Waals surface area contributed by atoms with Gasteiger partial charge in [-0.05, 0) is 31.1 Å². The van der Waals surface area contributed by atoms with E-state index in [0.29, 0.717) is 5.41 Å². The fraction of sp³-hybridized carbons (Fsp3) is 0.917. The molecule has 0 bridgehead atoms. The van der Waals surface area contributed by atoms with Crippen molar-refractivity contribution >= 4 is 17.5 Å². The van der Waals surface area contributed by atoms with Crippen LogP contribution in [0.5, 0.6) is 0 Å². The van der Waals surface area contributed by atoms with E-state index in [1.807, 2.05) is 4.90 Å². The Balaban J connectivity index is 1.99. The molecule has 1 aliphatic carbocycles. The molecule has 0 aromatic rings. The van der Waals surface area contributed by atoms with Crippen molar-refractivity contribution in [2.45, 2.75) is 44.9 Å². The quantitative estimate of drug-likeness (QED) is 0.634. The van der Waals surface area contributed by atoms with E-state index in [9.17, 15) is 4.79 Å². The summed E-state index contributed by atoms with van der Waals surface area (Å²) < 4.78 is 0. The van der Waals surface area contributed by atoms with Crippen LogP contribution in [0.15, 0.2) is 0 Å². The molecule has 2 nitrogen and oxygen atoms in total. The molecule has 1 saturated heterocycles. The summed E-state index contributed by atoms with van der Waals surface area (Å²) in [6.45, 7) is 1.89. The SMILES string of the molecule is O=C(CCl)N1CCCC2(CCCCC2)C1. The lowest BCUT2D eigenvalue weighted by molar-refractivity contribution is -0.132. The van der Waals surface area contributed by atoms with E-state index >= 15 is 0 Å². The zero-order chi connectivity index (χ0) is 10.7. The summed E-state index contributed by atoms with van der Waals surface area (Å²) in [6, 6.07) is 0. The number of piperidine rings is 1. The van der Waals surface area contributed by atoms with Gasteiger partial charge in [-0.2, -0.15) is 0 Å². The van der Waals surface area contributed by atoms with Crippen molar-refractivity contribution in [1.29, 1.82) is 0 Å². The van der Waals surface area contributed by atoms with Gasteiger partial charge in [-0.25, -0.2) is 0 Å². The number of likely N-dealkylation sites (tertiary alicyclic amines) is 1. The number of hydrogen-bond donors (Lipinski definition) is 0. The third-order valence-corrected chi connectivity index (χ3v) is 4.27. The number of nitrogens with zero attached hydrogens (tertiary/aromatic N) is 1. The highest BCUT2D eigenvalue weighted by Gasteiger charge is 2.37. The Kier molecular flexibility index (Phi) is 3.55. The molecule has 0 aromatic carbocycles. The lowest BCUT2D eigenvalue weighted by atomic mass is 9.69. The molecule has 0 atom stereocenters. The van der Waals surface area contributed by atoms with Crippen molar-refractivity contribution in [3.8, 4) is 0 Å². The summed E-state index contributed by atoms with van der Waals surface area (Å²) in [5, 5.41) is 0. The van der Waals surface area contributed by atoms with Crippen LogP contribution in [0.25, 0.3) is 0 Å². The Morgan fingerprint density at radius 3 is 2.47 bits per heavy atom. The third kappa shape index (κ3) is 2.47. The molecule has 1 saturated carbocycles. The average Bonchev–Trinajstić information content (AvgIpc) is 2.29. The Hall–Kier alpha value is -0.240. The molecule has 0 N–H and O–H groups in total. The normalized spacial score (nSPS) is 25.5. The topological polar surface area (TPSA) is 20.3 Å². The number of halogens is 1. The number of amides is 1. The largest absolute Gasteiger partial charge is 0.341 e. The van der Waals surface area contributed by atoms with Crippen LogP contribution in [0.3, 0.4) is 0 Å². The molecular weight excluding hydrogens is 210 g/mol. The van der Waals surface area contributed by atoms with E-state index in [0.717, 1.165) is 13.1 Å². The first-order chi connectivity index (χ1) is 7.26. The van der Waals surface area contributed by atoms with Crippen LogP contribution in [-0.4, -0.2) is 29.8 Å². The third-order valence-electron chi connectivity index (χ3n) is 4.04. The Morgan fingerprint density at radius 2 is 1.80 bits per heavy atom. The molecule has 86 valence electrons. The van der Waals surface area contributed by atoms with E-state index in [-0.39, 0.29) is 11.8 Å². The first-order valence-electron chi connectivity index (χ1n) is 6.10. The predicted octanol–water partition coefficient (Wildman–Crippen LogP) is 2.80. The molecule has 2 aliphatic rings. The highest BCUT2D eigenvalue weighted by Crippen LogP contribution is 2.43. The van der Waals surface area contributed by atoms with Crippen molar-refractivity contribution in [1.82, 2.24) is 4.90 Å². The van der Waals surface area contributed by atoms with Crippen molar-refractivity contribution in [3.63, 3.8) is 0 Å². The van der Waals surface area contributed by atoms with Gasteiger partial charge in [-0.15, -0.1) is 11.6 Å². The minimum absolute atomic E-state index is 0.126. The first-order valence-corrected chi connectivity index (χ1v) is 6.63. The number of alkyl halides is 1. The maximum absolute atomic E-state index is 11.6. The van der Waals surface area contributed by atoms with Gasteiger partial charge >= 0.3 is 0 Å². The fourth-order valence-corrected chi connectivity index (χ4v) is 3.38. The van der Waals surface area contributed by atoms with Gasteiger partial charge in [0.1, 0.15) is 5.88 Å². The van der Waals surface area contributed by atoms with E-state index in [1.165, 1.54) is 44.9 Å². The fourth-order valence-electron chi connectivity index (χ4n) is 3.22. The van der Waals surface area contributed by atoms with E-state index in [2.05, 4.69) is 0 Å². The minimum Gasteiger partial charge on any atom is -0.341 e. The van der Waals surface area contributed by atoms with Gasteiger partial charge < -0.3 is 4.90 Å². The summed E-state index contributed by atoms with van der Waals surface area (Å²) in [6.07, 6.45) is 9.21. The van der Waals surface area contributed by atoms with Crippen LogP contribution in [0.4, 0.5) is 0 Å². The summed E-state index contributed by atoms with van der Waals surface area (Å²) in [7, 11) is 0. The van der Waals surface area contributed by atoms with Gasteiger partial charge in [0.15, 0.2) is 0 Å². The van der Waals surface area contributed by atoms with Gasteiger partial charge in [-0.3, -0.25) is 4.79 Å². The second-order valence-corrected chi connectivity index (χ2v) is 5.38. The van der Waals surface area contributed by atoms with Crippen molar-refractivity contribution < 1.29 is 4.79 Å². The van der Waals surface area contributed by atoms with Crippen LogP contribution >= 0.6 is 11.6 Å². The lowest BCUT2D eigenvalue weighted by Crippen LogP contribution is -2.47. The van der Waals surface area contributed by atoms with Crippen molar-refractivity contribution in [3.05, 3.63) is 0 Å². The van der Waals surface area contributed by atoms with Gasteiger partial charge in [0.05, 0.1) is 0 Å². The summed E-state index contributed by atoms with van der Waals surface area (Å²) in [5.41, 5.74) is 0.457. The Bertz CT molecular complexity index is 230. The monoisotopic (exact) mass is 229 g/mol. The number of hydrogen-bond acceptors (Lipinski definition) is 1. The predicted molar refractivity (Wildman–Crippen MR) is 62.1 cm³/mol. The number of rotatable bonds is 1. The molecule has 3 heteroatoms. The van der Waals surface area contributed by atoms with Crippen LogP contribution in [0.1, 0.15) is 44.9 Å². The summed E-state index contributed by atoms with van der Waals surface area (Å²) in [4.78, 5) is 13.6. The summed E-state index contributed by atoms with van der Waals surface area (Å²) in [5.74, 6) is 0.275. The molecule has 1 heterocycles. The average molecular weight is 230 g/mol. The molecule has 1 aliphatic heterocycles. The molecule has 0 aromatic heterocycles. The summed E-state index contributed by atoms with van der Waals surface area (Å²) >= 11 is 5.62. The van der Waals surface area contributed by atoms with Crippen LogP contribution < -0.4 is 0 Å². The van der Waals surface area contributed by atoms with Gasteiger partial charge in [-0.1, -0.05) is 19.3 Å². The maximum Gasteiger partial charge on any atom is 0.237 e. The van der Waals surface area contributed by atoms with E-state index < -0.39 is 0 Å². The highest BCUT2D eigenvalue weighted by atomic mass is 35.5. The Labute approximate surface area is 97.0 Å². The van der Waals surface area contributed by atoms with E-state index in [4.69, 9.17) is 11.6 Å². The molecule has 15 heavy (non-hydrogen) atoms. The first kappa shape index (κ1) is 11.3. The van der Waals surface area contributed by atoms with Crippen LogP contribution in [-0.2, 0) is 4.79 Å². The standard InChI is InChI=1S/C12H20ClNO/c13-9-11(15)14-8-4-7-12(10-14)5-2-1-3-6-12/h1-10H2. The number of carbonyl (C=O) groups excluding carboxylic acids is 1. The number of carbonyl (C=O) groups is 1. The lowest BCUT2D eigenvalue weighted by Gasteiger charge is -2.45. The highest BCUT2D eigenvalue weighted by molar-refractivity contribution is 6.27. The van der Waals surface area contributed by atoms with Gasteiger partial charge in [0.25, 0.3) is 0 Å². The second kappa shape index (κ2) is 4.73. The van der Waals surface area contributed by atoms with Crippen LogP contribution in [0, 0.1) is 5.41 Å². The smallest absolute Gasteiger partial charge is 0.237 e. The zero-order valence-corrected chi connectivity index (χ0v) is 10.1. The van der Waals surface area contributed by atoms with E-state index in [1.54, 1.807) is 0 Å². The van der Waals surface area contributed by atoms with Gasteiger partial charge in [0.2, 0.25) is 5.91 Å². The molecule has 0 radical (unpaired) electrons.